The molecule has 1 heterocycles. The highest BCUT2D eigenvalue weighted by atomic mass is 79.9. The summed E-state index contributed by atoms with van der Waals surface area (Å²) in [7, 11) is 2.19. The molecule has 4 heteroatoms. The van der Waals surface area contributed by atoms with E-state index in [1.165, 1.54) is 25.8 Å². The zero-order chi connectivity index (χ0) is 12.3. The molecule has 1 N–H and O–H groups in total. The highest BCUT2D eigenvalue weighted by molar-refractivity contribution is 9.10. The minimum atomic E-state index is 0.551. The summed E-state index contributed by atoms with van der Waals surface area (Å²) in [5.74, 6) is 0. The lowest BCUT2D eigenvalue weighted by Crippen LogP contribution is -2.23. The first-order valence-corrected chi connectivity index (χ1v) is 7.22. The first kappa shape index (κ1) is 13.2. The van der Waals surface area contributed by atoms with Crippen LogP contribution in [0.1, 0.15) is 19.3 Å². The number of halogens is 2. The molecule has 94 valence electrons. The third kappa shape index (κ3) is 3.87. The van der Waals surface area contributed by atoms with Crippen molar-refractivity contribution in [1.82, 2.24) is 4.90 Å². The van der Waals surface area contributed by atoms with Gasteiger partial charge in [-0.05, 0) is 73.5 Å². The van der Waals surface area contributed by atoms with E-state index in [2.05, 4.69) is 33.2 Å². The Kier molecular flexibility index (Phi) is 4.71. The molecule has 1 unspecified atom stereocenters. The Morgan fingerprint density at radius 3 is 3.00 bits per heavy atom. The average molecular weight is 318 g/mol. The molecule has 1 aromatic rings. The standard InChI is InChI=1S/C13H18BrClN2/c1-17-7-2-3-11(6-8-17)16-13-9-10(15)4-5-12(13)14/h4-5,9,11,16H,2-3,6-8H2,1H3. The Hall–Kier alpha value is -0.250. The van der Waals surface area contributed by atoms with E-state index >= 15 is 0 Å². The molecular formula is C13H18BrClN2. The fourth-order valence-corrected chi connectivity index (χ4v) is 2.75. The number of hydrogen-bond donors (Lipinski definition) is 1. The van der Waals surface area contributed by atoms with Gasteiger partial charge in [0, 0.05) is 15.5 Å². The van der Waals surface area contributed by atoms with Crippen molar-refractivity contribution in [1.29, 1.82) is 0 Å². The predicted octanol–water partition coefficient (Wildman–Crippen LogP) is 4.00. The van der Waals surface area contributed by atoms with Gasteiger partial charge in [-0.3, -0.25) is 0 Å². The third-order valence-corrected chi connectivity index (χ3v) is 4.17. The fraction of sp³-hybridized carbons (Fsp3) is 0.538. The zero-order valence-electron chi connectivity index (χ0n) is 10.0. The second kappa shape index (κ2) is 6.07. The molecule has 2 rings (SSSR count). The molecule has 2 nitrogen and oxygen atoms in total. The van der Waals surface area contributed by atoms with Gasteiger partial charge >= 0.3 is 0 Å². The Morgan fingerprint density at radius 2 is 2.18 bits per heavy atom. The van der Waals surface area contributed by atoms with Gasteiger partial charge in [-0.1, -0.05) is 11.6 Å². The van der Waals surface area contributed by atoms with Crippen LogP contribution < -0.4 is 5.32 Å². The predicted molar refractivity (Wildman–Crippen MR) is 77.9 cm³/mol. The lowest BCUT2D eigenvalue weighted by molar-refractivity contribution is 0.348. The molecule has 0 saturated carbocycles. The van der Waals surface area contributed by atoms with Gasteiger partial charge in [0.25, 0.3) is 0 Å². The van der Waals surface area contributed by atoms with Crippen molar-refractivity contribution < 1.29 is 0 Å². The quantitative estimate of drug-likeness (QED) is 0.887. The van der Waals surface area contributed by atoms with Crippen LogP contribution in [-0.4, -0.2) is 31.1 Å². The molecule has 1 fully saturated rings. The molecule has 0 aliphatic carbocycles. The molecule has 1 aromatic carbocycles. The van der Waals surface area contributed by atoms with E-state index in [0.717, 1.165) is 21.7 Å². The summed E-state index contributed by atoms with van der Waals surface area (Å²) >= 11 is 9.58. The van der Waals surface area contributed by atoms with Crippen LogP contribution in [0, 0.1) is 0 Å². The molecule has 0 radical (unpaired) electrons. The second-order valence-corrected chi connectivity index (χ2v) is 5.99. The summed E-state index contributed by atoms with van der Waals surface area (Å²) in [4.78, 5) is 2.40. The maximum atomic E-state index is 6.02. The van der Waals surface area contributed by atoms with Crippen LogP contribution >= 0.6 is 27.5 Å². The highest BCUT2D eigenvalue weighted by Gasteiger charge is 2.15. The van der Waals surface area contributed by atoms with E-state index in [4.69, 9.17) is 11.6 Å². The smallest absolute Gasteiger partial charge is 0.0501 e. The summed E-state index contributed by atoms with van der Waals surface area (Å²) in [6.45, 7) is 2.37. The Labute approximate surface area is 116 Å². The molecular weight excluding hydrogens is 300 g/mol. The number of nitrogens with zero attached hydrogens (tertiary/aromatic N) is 1. The molecule has 0 bridgehead atoms. The summed E-state index contributed by atoms with van der Waals surface area (Å²) in [6.07, 6.45) is 3.67. The maximum Gasteiger partial charge on any atom is 0.0501 e. The Balaban J connectivity index is 2.02. The molecule has 1 aliphatic heterocycles. The van der Waals surface area contributed by atoms with Crippen LogP contribution in [0.4, 0.5) is 5.69 Å². The molecule has 1 saturated heterocycles. The number of anilines is 1. The largest absolute Gasteiger partial charge is 0.381 e. The van der Waals surface area contributed by atoms with Gasteiger partial charge in [-0.25, -0.2) is 0 Å². The minimum absolute atomic E-state index is 0.551. The Morgan fingerprint density at radius 1 is 1.35 bits per heavy atom. The SMILES string of the molecule is CN1CCCC(Nc2cc(Cl)ccc2Br)CC1. The lowest BCUT2D eigenvalue weighted by Gasteiger charge is -2.19. The monoisotopic (exact) mass is 316 g/mol. The van der Waals surface area contributed by atoms with Crippen LogP contribution in [0.3, 0.4) is 0 Å². The minimum Gasteiger partial charge on any atom is -0.381 e. The number of rotatable bonds is 2. The van der Waals surface area contributed by atoms with Crippen LogP contribution in [0.25, 0.3) is 0 Å². The molecule has 0 amide bonds. The molecule has 0 aromatic heterocycles. The summed E-state index contributed by atoms with van der Waals surface area (Å²) in [6, 6.07) is 6.43. The van der Waals surface area contributed by atoms with Crippen LogP contribution in [0.15, 0.2) is 22.7 Å². The van der Waals surface area contributed by atoms with Crippen molar-refractivity contribution >= 4 is 33.2 Å². The topological polar surface area (TPSA) is 15.3 Å². The van der Waals surface area contributed by atoms with E-state index in [1.54, 1.807) is 0 Å². The van der Waals surface area contributed by atoms with Gasteiger partial charge in [0.1, 0.15) is 0 Å². The van der Waals surface area contributed by atoms with Crippen molar-refractivity contribution in [2.24, 2.45) is 0 Å². The normalized spacial score (nSPS) is 22.2. The third-order valence-electron chi connectivity index (χ3n) is 3.24. The van der Waals surface area contributed by atoms with Gasteiger partial charge in [0.05, 0.1) is 5.69 Å². The van der Waals surface area contributed by atoms with Gasteiger partial charge in [0.15, 0.2) is 0 Å². The Bertz CT molecular complexity index is 384. The van der Waals surface area contributed by atoms with Crippen molar-refractivity contribution in [2.75, 3.05) is 25.5 Å². The van der Waals surface area contributed by atoms with E-state index in [9.17, 15) is 0 Å². The number of benzene rings is 1. The van der Waals surface area contributed by atoms with Crippen molar-refractivity contribution in [2.45, 2.75) is 25.3 Å². The molecule has 0 spiro atoms. The lowest BCUT2D eigenvalue weighted by atomic mass is 10.1. The van der Waals surface area contributed by atoms with E-state index in [1.807, 2.05) is 18.2 Å². The summed E-state index contributed by atoms with van der Waals surface area (Å²) in [5, 5.41) is 4.37. The van der Waals surface area contributed by atoms with Gasteiger partial charge in [-0.15, -0.1) is 0 Å². The second-order valence-electron chi connectivity index (χ2n) is 4.70. The van der Waals surface area contributed by atoms with Crippen LogP contribution in [-0.2, 0) is 0 Å². The van der Waals surface area contributed by atoms with Gasteiger partial charge < -0.3 is 10.2 Å². The highest BCUT2D eigenvalue weighted by Crippen LogP contribution is 2.27. The number of nitrogens with one attached hydrogen (secondary N) is 1. The van der Waals surface area contributed by atoms with Gasteiger partial charge in [0.2, 0.25) is 0 Å². The van der Waals surface area contributed by atoms with Gasteiger partial charge in [-0.2, -0.15) is 0 Å². The molecule has 17 heavy (non-hydrogen) atoms. The first-order chi connectivity index (χ1) is 8.15. The fourth-order valence-electron chi connectivity index (χ4n) is 2.21. The zero-order valence-corrected chi connectivity index (χ0v) is 12.4. The van der Waals surface area contributed by atoms with Crippen LogP contribution in [0.5, 0.6) is 0 Å². The summed E-state index contributed by atoms with van der Waals surface area (Å²) in [5.41, 5.74) is 1.10. The van der Waals surface area contributed by atoms with Crippen molar-refractivity contribution in [3.8, 4) is 0 Å². The first-order valence-electron chi connectivity index (χ1n) is 6.05. The maximum absolute atomic E-state index is 6.02. The van der Waals surface area contributed by atoms with E-state index < -0.39 is 0 Å². The number of likely N-dealkylation sites (tertiary alicyclic amines) is 1. The van der Waals surface area contributed by atoms with Crippen molar-refractivity contribution in [3.63, 3.8) is 0 Å². The molecule has 1 atom stereocenters. The number of hydrogen-bond acceptors (Lipinski definition) is 2. The average Bonchev–Trinajstić information content (AvgIpc) is 2.49. The van der Waals surface area contributed by atoms with Crippen molar-refractivity contribution in [3.05, 3.63) is 27.7 Å². The van der Waals surface area contributed by atoms with E-state index in [0.29, 0.717) is 6.04 Å². The summed E-state index contributed by atoms with van der Waals surface area (Å²) < 4.78 is 1.08. The molecule has 1 aliphatic rings. The van der Waals surface area contributed by atoms with Crippen LogP contribution in [0.2, 0.25) is 5.02 Å². The van der Waals surface area contributed by atoms with E-state index in [-0.39, 0.29) is 0 Å².